The summed E-state index contributed by atoms with van der Waals surface area (Å²) < 4.78 is 5.18. The number of methoxy groups -OCH3 is 1. The molecular weight excluding hydrogens is 240 g/mol. The topological polar surface area (TPSA) is 44.7 Å². The SMILES string of the molecule is CCCNCC1(CN(CCO)CCOC)CCCC1. The summed E-state index contributed by atoms with van der Waals surface area (Å²) in [5, 5.41) is 12.8. The van der Waals surface area contributed by atoms with Gasteiger partial charge in [0.05, 0.1) is 13.2 Å². The molecule has 0 atom stereocenters. The van der Waals surface area contributed by atoms with Crippen molar-refractivity contribution in [2.75, 3.05) is 53.0 Å². The van der Waals surface area contributed by atoms with Crippen LogP contribution < -0.4 is 5.32 Å². The van der Waals surface area contributed by atoms with Crippen LogP contribution in [-0.4, -0.2) is 63.1 Å². The molecule has 1 aliphatic rings. The molecule has 0 aliphatic heterocycles. The van der Waals surface area contributed by atoms with Crippen LogP contribution in [0.25, 0.3) is 0 Å². The highest BCUT2D eigenvalue weighted by Gasteiger charge is 2.34. The Kier molecular flexibility index (Phi) is 8.62. The highest BCUT2D eigenvalue weighted by atomic mass is 16.5. The average molecular weight is 272 g/mol. The van der Waals surface area contributed by atoms with Gasteiger partial charge < -0.3 is 15.2 Å². The number of nitrogens with one attached hydrogen (secondary N) is 1. The van der Waals surface area contributed by atoms with Crippen molar-refractivity contribution < 1.29 is 9.84 Å². The van der Waals surface area contributed by atoms with E-state index in [0.717, 1.165) is 39.3 Å². The maximum atomic E-state index is 9.21. The van der Waals surface area contributed by atoms with Gasteiger partial charge in [-0.05, 0) is 31.2 Å². The zero-order chi connectivity index (χ0) is 14.0. The average Bonchev–Trinajstić information content (AvgIpc) is 2.85. The van der Waals surface area contributed by atoms with Crippen molar-refractivity contribution in [1.29, 1.82) is 0 Å². The smallest absolute Gasteiger partial charge is 0.0589 e. The van der Waals surface area contributed by atoms with Gasteiger partial charge in [-0.25, -0.2) is 0 Å². The van der Waals surface area contributed by atoms with Crippen LogP contribution in [0.5, 0.6) is 0 Å². The van der Waals surface area contributed by atoms with Crippen LogP contribution in [0.15, 0.2) is 0 Å². The Bertz CT molecular complexity index is 218. The number of hydrogen-bond acceptors (Lipinski definition) is 4. The van der Waals surface area contributed by atoms with Gasteiger partial charge in [0, 0.05) is 33.3 Å². The highest BCUT2D eigenvalue weighted by molar-refractivity contribution is 4.89. The van der Waals surface area contributed by atoms with Crippen LogP contribution in [-0.2, 0) is 4.74 Å². The Balaban J connectivity index is 2.48. The van der Waals surface area contributed by atoms with Crippen molar-refractivity contribution in [2.24, 2.45) is 5.41 Å². The number of rotatable bonds is 11. The lowest BCUT2D eigenvalue weighted by molar-refractivity contribution is 0.0905. The Labute approximate surface area is 118 Å². The minimum absolute atomic E-state index is 0.238. The lowest BCUT2D eigenvalue weighted by Crippen LogP contribution is -2.44. The number of nitrogens with zero attached hydrogens (tertiary/aromatic N) is 1. The molecule has 0 bridgehead atoms. The highest BCUT2D eigenvalue weighted by Crippen LogP contribution is 2.38. The molecule has 0 spiro atoms. The third-order valence-electron chi connectivity index (χ3n) is 4.18. The van der Waals surface area contributed by atoms with E-state index in [1.807, 2.05) is 0 Å². The minimum atomic E-state index is 0.238. The third-order valence-corrected chi connectivity index (χ3v) is 4.18. The minimum Gasteiger partial charge on any atom is -0.395 e. The van der Waals surface area contributed by atoms with E-state index in [-0.39, 0.29) is 6.61 Å². The van der Waals surface area contributed by atoms with Crippen LogP contribution in [0.2, 0.25) is 0 Å². The van der Waals surface area contributed by atoms with Crippen molar-refractivity contribution in [3.63, 3.8) is 0 Å². The molecule has 0 unspecified atom stereocenters. The number of ether oxygens (including phenoxy) is 1. The Hall–Kier alpha value is -0.160. The predicted octanol–water partition coefficient (Wildman–Crippen LogP) is 1.49. The molecule has 0 aromatic rings. The van der Waals surface area contributed by atoms with Gasteiger partial charge in [-0.15, -0.1) is 0 Å². The summed E-state index contributed by atoms with van der Waals surface area (Å²) in [7, 11) is 1.74. The molecule has 0 amide bonds. The van der Waals surface area contributed by atoms with Crippen LogP contribution in [0.3, 0.4) is 0 Å². The molecule has 0 aromatic heterocycles. The maximum absolute atomic E-state index is 9.21. The number of hydrogen-bond donors (Lipinski definition) is 2. The third kappa shape index (κ3) is 6.21. The molecule has 0 radical (unpaired) electrons. The fourth-order valence-corrected chi connectivity index (χ4v) is 3.15. The molecule has 4 nitrogen and oxygen atoms in total. The second-order valence-corrected chi connectivity index (χ2v) is 5.88. The first-order chi connectivity index (χ1) is 9.26. The van der Waals surface area contributed by atoms with Crippen LogP contribution in [0.1, 0.15) is 39.0 Å². The van der Waals surface area contributed by atoms with E-state index >= 15 is 0 Å². The van der Waals surface area contributed by atoms with Crippen molar-refractivity contribution >= 4 is 0 Å². The van der Waals surface area contributed by atoms with Crippen molar-refractivity contribution in [3.8, 4) is 0 Å². The van der Waals surface area contributed by atoms with E-state index in [1.54, 1.807) is 7.11 Å². The zero-order valence-electron chi connectivity index (χ0n) is 12.8. The fourth-order valence-electron chi connectivity index (χ4n) is 3.15. The van der Waals surface area contributed by atoms with E-state index in [9.17, 15) is 5.11 Å². The van der Waals surface area contributed by atoms with Gasteiger partial charge in [-0.3, -0.25) is 4.90 Å². The molecule has 4 heteroatoms. The van der Waals surface area contributed by atoms with Crippen LogP contribution in [0, 0.1) is 5.41 Å². The molecule has 0 saturated heterocycles. The fraction of sp³-hybridized carbons (Fsp3) is 1.00. The summed E-state index contributed by atoms with van der Waals surface area (Å²) in [6.07, 6.45) is 6.54. The van der Waals surface area contributed by atoms with Gasteiger partial charge in [0.2, 0.25) is 0 Å². The normalized spacial score (nSPS) is 18.3. The summed E-state index contributed by atoms with van der Waals surface area (Å²) >= 11 is 0. The lowest BCUT2D eigenvalue weighted by atomic mass is 9.85. The standard InChI is InChI=1S/C15H32N2O2/c1-3-8-16-13-15(6-4-5-7-15)14-17(9-11-18)10-12-19-2/h16,18H,3-14H2,1-2H3. The van der Waals surface area contributed by atoms with Crippen LogP contribution in [0.4, 0.5) is 0 Å². The molecule has 0 heterocycles. The van der Waals surface area contributed by atoms with Gasteiger partial charge in [0.25, 0.3) is 0 Å². The quantitative estimate of drug-likeness (QED) is 0.559. The zero-order valence-corrected chi connectivity index (χ0v) is 12.8. The van der Waals surface area contributed by atoms with Crippen molar-refractivity contribution in [2.45, 2.75) is 39.0 Å². The molecule has 114 valence electrons. The van der Waals surface area contributed by atoms with Gasteiger partial charge in [0.1, 0.15) is 0 Å². The first kappa shape index (κ1) is 16.9. The lowest BCUT2D eigenvalue weighted by Gasteiger charge is -2.35. The Morgan fingerprint density at radius 3 is 2.58 bits per heavy atom. The Morgan fingerprint density at radius 1 is 1.26 bits per heavy atom. The first-order valence-corrected chi connectivity index (χ1v) is 7.79. The van der Waals surface area contributed by atoms with Gasteiger partial charge in [-0.1, -0.05) is 19.8 Å². The van der Waals surface area contributed by atoms with E-state index in [0.29, 0.717) is 5.41 Å². The van der Waals surface area contributed by atoms with E-state index in [1.165, 1.54) is 32.1 Å². The molecular formula is C15H32N2O2. The maximum Gasteiger partial charge on any atom is 0.0589 e. The van der Waals surface area contributed by atoms with Crippen molar-refractivity contribution in [1.82, 2.24) is 10.2 Å². The van der Waals surface area contributed by atoms with Gasteiger partial charge in [0.15, 0.2) is 0 Å². The summed E-state index contributed by atoms with van der Waals surface area (Å²) in [5.41, 5.74) is 0.415. The van der Waals surface area contributed by atoms with Gasteiger partial charge in [-0.2, -0.15) is 0 Å². The molecule has 1 saturated carbocycles. The predicted molar refractivity (Wildman–Crippen MR) is 79.5 cm³/mol. The molecule has 0 aromatic carbocycles. The molecule has 1 aliphatic carbocycles. The summed E-state index contributed by atoms with van der Waals surface area (Å²) in [6, 6.07) is 0. The van der Waals surface area contributed by atoms with Crippen LogP contribution >= 0.6 is 0 Å². The first-order valence-electron chi connectivity index (χ1n) is 7.79. The van der Waals surface area contributed by atoms with E-state index in [4.69, 9.17) is 4.74 Å². The summed E-state index contributed by atoms with van der Waals surface area (Å²) in [6.45, 7) is 8.21. The number of aliphatic hydroxyl groups excluding tert-OH is 1. The van der Waals surface area contributed by atoms with Crippen molar-refractivity contribution in [3.05, 3.63) is 0 Å². The molecule has 1 fully saturated rings. The molecule has 2 N–H and O–H groups in total. The Morgan fingerprint density at radius 2 is 2.00 bits per heavy atom. The monoisotopic (exact) mass is 272 g/mol. The van der Waals surface area contributed by atoms with E-state index in [2.05, 4.69) is 17.1 Å². The van der Waals surface area contributed by atoms with Gasteiger partial charge >= 0.3 is 0 Å². The largest absolute Gasteiger partial charge is 0.395 e. The molecule has 1 rings (SSSR count). The number of aliphatic hydroxyl groups is 1. The second-order valence-electron chi connectivity index (χ2n) is 5.88. The summed E-state index contributed by atoms with van der Waals surface area (Å²) in [5.74, 6) is 0. The van der Waals surface area contributed by atoms with E-state index < -0.39 is 0 Å². The summed E-state index contributed by atoms with van der Waals surface area (Å²) in [4.78, 5) is 2.36. The molecule has 19 heavy (non-hydrogen) atoms. The second kappa shape index (κ2) is 9.70.